The van der Waals surface area contributed by atoms with Gasteiger partial charge in [0.1, 0.15) is 0 Å². The monoisotopic (exact) mass is 317 g/mol. The first-order valence-electron chi connectivity index (χ1n) is 4.79. The van der Waals surface area contributed by atoms with E-state index in [-0.39, 0.29) is 6.04 Å². The lowest BCUT2D eigenvalue weighted by Crippen LogP contribution is -2.29. The van der Waals surface area contributed by atoms with Crippen LogP contribution in [0.4, 0.5) is 0 Å². The maximum absolute atomic E-state index is 5.60. The molecule has 0 fully saturated rings. The minimum Gasteiger partial charge on any atom is -0.271 e. The molecule has 0 saturated heterocycles. The van der Waals surface area contributed by atoms with Crippen molar-refractivity contribution in [3.8, 4) is 0 Å². The van der Waals surface area contributed by atoms with Crippen LogP contribution >= 0.6 is 38.6 Å². The first-order valence-corrected chi connectivity index (χ1v) is 7.41. The second-order valence-electron chi connectivity index (χ2n) is 3.48. The summed E-state index contributed by atoms with van der Waals surface area (Å²) in [7, 11) is 0. The van der Waals surface area contributed by atoms with Crippen LogP contribution in [0, 0.1) is 6.92 Å². The van der Waals surface area contributed by atoms with Gasteiger partial charge in [-0.3, -0.25) is 11.3 Å². The number of rotatable bonds is 4. The summed E-state index contributed by atoms with van der Waals surface area (Å²) in [5, 5.41) is 7.34. The fourth-order valence-corrected chi connectivity index (χ4v) is 3.92. The first-order chi connectivity index (χ1) is 7.70. The number of thiazole rings is 1. The van der Waals surface area contributed by atoms with Crippen molar-refractivity contribution in [3.05, 3.63) is 36.9 Å². The predicted octanol–water partition coefficient (Wildman–Crippen LogP) is 3.02. The maximum Gasteiger partial charge on any atom is 0.0947 e. The average molecular weight is 318 g/mol. The molecule has 16 heavy (non-hydrogen) atoms. The van der Waals surface area contributed by atoms with Crippen molar-refractivity contribution in [2.75, 3.05) is 0 Å². The molecule has 86 valence electrons. The van der Waals surface area contributed by atoms with Gasteiger partial charge < -0.3 is 0 Å². The van der Waals surface area contributed by atoms with Gasteiger partial charge in [-0.05, 0) is 33.8 Å². The lowest BCUT2D eigenvalue weighted by Gasteiger charge is -2.13. The Hall–Kier alpha value is -0.270. The molecule has 1 unspecified atom stereocenters. The Labute approximate surface area is 111 Å². The molecule has 3 nitrogen and oxygen atoms in total. The summed E-state index contributed by atoms with van der Waals surface area (Å²) in [6.45, 7) is 2.01. The Morgan fingerprint density at radius 3 is 2.81 bits per heavy atom. The second-order valence-corrected chi connectivity index (χ2v) is 6.02. The highest BCUT2D eigenvalue weighted by atomic mass is 79.9. The van der Waals surface area contributed by atoms with Crippen LogP contribution in [-0.4, -0.2) is 4.98 Å². The Morgan fingerprint density at radius 2 is 2.31 bits per heavy atom. The summed E-state index contributed by atoms with van der Waals surface area (Å²) >= 11 is 6.87. The van der Waals surface area contributed by atoms with E-state index in [1.54, 1.807) is 22.7 Å². The molecule has 2 heterocycles. The third kappa shape index (κ3) is 2.70. The number of nitrogens with two attached hydrogens (primary N) is 1. The molecule has 3 N–H and O–H groups in total. The Morgan fingerprint density at radius 1 is 1.50 bits per heavy atom. The topological polar surface area (TPSA) is 50.9 Å². The van der Waals surface area contributed by atoms with Gasteiger partial charge >= 0.3 is 0 Å². The second kappa shape index (κ2) is 5.37. The fraction of sp³-hybridized carbons (Fsp3) is 0.300. The number of halogens is 1. The van der Waals surface area contributed by atoms with Crippen molar-refractivity contribution in [2.45, 2.75) is 19.4 Å². The SMILES string of the molecule is Cc1csc(CC(NN)c2cscc2Br)n1. The van der Waals surface area contributed by atoms with Crippen LogP contribution in [0.1, 0.15) is 22.3 Å². The zero-order valence-corrected chi connectivity index (χ0v) is 12.0. The summed E-state index contributed by atoms with van der Waals surface area (Å²) in [5.74, 6) is 5.60. The molecule has 1 atom stereocenters. The Bertz CT molecular complexity index is 466. The zero-order chi connectivity index (χ0) is 11.5. The third-order valence-electron chi connectivity index (χ3n) is 2.26. The molecule has 0 spiro atoms. The minimum atomic E-state index is 0.117. The van der Waals surface area contributed by atoms with Crippen LogP contribution in [0.3, 0.4) is 0 Å². The van der Waals surface area contributed by atoms with Crippen LogP contribution in [0.25, 0.3) is 0 Å². The lowest BCUT2D eigenvalue weighted by molar-refractivity contribution is 0.550. The predicted molar refractivity (Wildman–Crippen MR) is 72.6 cm³/mol. The van der Waals surface area contributed by atoms with E-state index in [0.717, 1.165) is 21.6 Å². The van der Waals surface area contributed by atoms with E-state index in [9.17, 15) is 0 Å². The summed E-state index contributed by atoms with van der Waals surface area (Å²) in [6.07, 6.45) is 0.824. The summed E-state index contributed by atoms with van der Waals surface area (Å²) in [6, 6.07) is 0.117. The summed E-state index contributed by atoms with van der Waals surface area (Å²) < 4.78 is 1.11. The molecule has 0 aliphatic rings. The van der Waals surface area contributed by atoms with Crippen molar-refractivity contribution in [2.24, 2.45) is 5.84 Å². The van der Waals surface area contributed by atoms with E-state index in [2.05, 4.69) is 42.5 Å². The standard InChI is InChI=1S/C10H12BrN3S2/c1-6-3-16-10(13-6)2-9(14-12)7-4-15-5-8(7)11/h3-5,9,14H,2,12H2,1H3. The quantitative estimate of drug-likeness (QED) is 0.673. The van der Waals surface area contributed by atoms with E-state index >= 15 is 0 Å². The smallest absolute Gasteiger partial charge is 0.0947 e. The van der Waals surface area contributed by atoms with Crippen molar-refractivity contribution < 1.29 is 0 Å². The minimum absolute atomic E-state index is 0.117. The number of hydrogen-bond acceptors (Lipinski definition) is 5. The van der Waals surface area contributed by atoms with Crippen LogP contribution < -0.4 is 11.3 Å². The highest BCUT2D eigenvalue weighted by molar-refractivity contribution is 9.10. The molecule has 0 aliphatic heterocycles. The maximum atomic E-state index is 5.60. The van der Waals surface area contributed by atoms with E-state index < -0.39 is 0 Å². The molecular formula is C10H12BrN3S2. The molecule has 6 heteroatoms. The average Bonchev–Trinajstić information content (AvgIpc) is 2.84. The number of hydrogen-bond donors (Lipinski definition) is 2. The summed E-state index contributed by atoms with van der Waals surface area (Å²) in [5.41, 5.74) is 5.11. The number of nitrogens with zero attached hydrogens (tertiary/aromatic N) is 1. The molecule has 2 aromatic heterocycles. The van der Waals surface area contributed by atoms with Crippen molar-refractivity contribution in [3.63, 3.8) is 0 Å². The molecule has 0 aliphatic carbocycles. The van der Waals surface area contributed by atoms with Gasteiger partial charge in [0.15, 0.2) is 0 Å². The number of nitrogens with one attached hydrogen (secondary N) is 1. The Balaban J connectivity index is 2.15. The van der Waals surface area contributed by atoms with E-state index in [4.69, 9.17) is 5.84 Å². The van der Waals surface area contributed by atoms with Crippen molar-refractivity contribution in [1.29, 1.82) is 0 Å². The number of thiophene rings is 1. The van der Waals surface area contributed by atoms with E-state index in [1.165, 1.54) is 5.56 Å². The van der Waals surface area contributed by atoms with Gasteiger partial charge in [0, 0.05) is 27.3 Å². The van der Waals surface area contributed by atoms with E-state index in [0.29, 0.717) is 0 Å². The Kier molecular flexibility index (Phi) is 4.10. The molecule has 0 saturated carbocycles. The van der Waals surface area contributed by atoms with Gasteiger partial charge in [0.25, 0.3) is 0 Å². The van der Waals surface area contributed by atoms with Gasteiger partial charge in [-0.15, -0.1) is 11.3 Å². The van der Waals surface area contributed by atoms with Gasteiger partial charge in [-0.2, -0.15) is 11.3 Å². The highest BCUT2D eigenvalue weighted by Gasteiger charge is 2.16. The molecule has 0 radical (unpaired) electrons. The van der Waals surface area contributed by atoms with Crippen LogP contribution in [0.15, 0.2) is 20.6 Å². The van der Waals surface area contributed by atoms with Crippen LogP contribution in [0.5, 0.6) is 0 Å². The number of aromatic nitrogens is 1. The molecule has 2 rings (SSSR count). The molecule has 2 aromatic rings. The first kappa shape index (κ1) is 12.2. The molecule has 0 bridgehead atoms. The van der Waals surface area contributed by atoms with Crippen molar-refractivity contribution >= 4 is 38.6 Å². The summed E-state index contributed by atoms with van der Waals surface area (Å²) in [4.78, 5) is 4.45. The van der Waals surface area contributed by atoms with E-state index in [1.807, 2.05) is 6.92 Å². The normalized spacial score (nSPS) is 12.9. The molecule has 0 aromatic carbocycles. The van der Waals surface area contributed by atoms with Gasteiger partial charge in [-0.25, -0.2) is 4.98 Å². The van der Waals surface area contributed by atoms with Crippen molar-refractivity contribution in [1.82, 2.24) is 10.4 Å². The third-order valence-corrected chi connectivity index (χ3v) is 5.00. The number of hydrazine groups is 1. The lowest BCUT2D eigenvalue weighted by atomic mass is 10.1. The van der Waals surface area contributed by atoms with Gasteiger partial charge in [-0.1, -0.05) is 0 Å². The fourth-order valence-electron chi connectivity index (χ4n) is 1.47. The number of aryl methyl sites for hydroxylation is 1. The highest BCUT2D eigenvalue weighted by Crippen LogP contribution is 2.29. The van der Waals surface area contributed by atoms with Gasteiger partial charge in [0.2, 0.25) is 0 Å². The zero-order valence-electron chi connectivity index (χ0n) is 8.74. The van der Waals surface area contributed by atoms with Crippen LogP contribution in [-0.2, 0) is 6.42 Å². The van der Waals surface area contributed by atoms with Crippen LogP contribution in [0.2, 0.25) is 0 Å². The van der Waals surface area contributed by atoms with Gasteiger partial charge in [0.05, 0.1) is 11.0 Å². The molecular weight excluding hydrogens is 306 g/mol. The molecule has 0 amide bonds. The largest absolute Gasteiger partial charge is 0.271 e.